The summed E-state index contributed by atoms with van der Waals surface area (Å²) in [7, 11) is 0. The fourth-order valence-electron chi connectivity index (χ4n) is 9.22. The Kier molecular flexibility index (Phi) is 9.55. The molecule has 0 spiro atoms. The molecule has 274 valence electrons. The van der Waals surface area contributed by atoms with Gasteiger partial charge in [-0.2, -0.15) is 11.5 Å². The van der Waals surface area contributed by atoms with Gasteiger partial charge in [-0.25, -0.2) is 4.98 Å². The monoisotopic (exact) mass is 912 g/mol. The van der Waals surface area contributed by atoms with E-state index in [4.69, 9.17) is 14.7 Å². The topological polar surface area (TPSA) is 39.9 Å². The normalized spacial score (nSPS) is 12.0. The van der Waals surface area contributed by atoms with Crippen molar-refractivity contribution in [3.05, 3.63) is 186 Å². The van der Waals surface area contributed by atoms with Gasteiger partial charge < -0.3 is 14.3 Å². The van der Waals surface area contributed by atoms with E-state index >= 15 is 0 Å². The molecular formula is C50H37B2N3OPt. The second-order valence-corrected chi connectivity index (χ2v) is 14.9. The van der Waals surface area contributed by atoms with Crippen LogP contribution in [0.15, 0.2) is 152 Å². The summed E-state index contributed by atoms with van der Waals surface area (Å²) in [6.45, 7) is 8.86. The number of para-hydroxylation sites is 1. The molecular weight excluding hydrogens is 875 g/mol. The Balaban J connectivity index is 0.00000422. The summed E-state index contributed by atoms with van der Waals surface area (Å²) in [4.78, 5) is 9.70. The number of benzene rings is 6. The van der Waals surface area contributed by atoms with Crippen LogP contribution in [-0.4, -0.2) is 28.0 Å². The van der Waals surface area contributed by atoms with Gasteiger partial charge in [0.15, 0.2) is 6.71 Å². The molecule has 4 nitrogen and oxygen atoms in total. The molecule has 0 N–H and O–H groups in total. The number of ether oxygens (including phenoxy) is 1. The molecule has 0 atom stereocenters. The zero-order valence-corrected chi connectivity index (χ0v) is 34.4. The summed E-state index contributed by atoms with van der Waals surface area (Å²) in [5, 5.41) is 2.23. The second-order valence-electron chi connectivity index (χ2n) is 14.9. The van der Waals surface area contributed by atoms with Crippen LogP contribution in [0.1, 0.15) is 22.3 Å². The number of pyridine rings is 2. The van der Waals surface area contributed by atoms with Crippen LogP contribution in [0, 0.1) is 39.8 Å². The van der Waals surface area contributed by atoms with Crippen molar-refractivity contribution in [3.63, 3.8) is 0 Å². The quantitative estimate of drug-likeness (QED) is 0.131. The second kappa shape index (κ2) is 14.8. The summed E-state index contributed by atoms with van der Waals surface area (Å²) in [5.74, 6) is 2.06. The summed E-state index contributed by atoms with van der Waals surface area (Å²) < 4.78 is 9.11. The van der Waals surface area contributed by atoms with Crippen LogP contribution in [0.2, 0.25) is 0 Å². The average Bonchev–Trinajstić information content (AvgIpc) is 3.55. The Labute approximate surface area is 349 Å². The Morgan fingerprint density at radius 1 is 0.509 bits per heavy atom. The number of hydrogen-bond acceptors (Lipinski definition) is 3. The molecule has 0 fully saturated rings. The predicted octanol–water partition coefficient (Wildman–Crippen LogP) is 7.21. The third-order valence-corrected chi connectivity index (χ3v) is 11.6. The Bertz CT molecular complexity index is 2920. The van der Waals surface area contributed by atoms with E-state index in [1.54, 1.807) is 0 Å². The zero-order chi connectivity index (χ0) is 37.9. The number of fused-ring (bicyclic) bond motifs is 5. The third kappa shape index (κ3) is 6.15. The maximum absolute atomic E-state index is 6.95. The fourth-order valence-corrected chi connectivity index (χ4v) is 9.22. The van der Waals surface area contributed by atoms with Crippen molar-refractivity contribution < 1.29 is 25.8 Å². The summed E-state index contributed by atoms with van der Waals surface area (Å²) >= 11 is 0. The fraction of sp³-hybridized carbons (Fsp3) is 0.0800. The maximum atomic E-state index is 6.95. The number of nitrogens with zero attached hydrogens (tertiary/aromatic N) is 3. The van der Waals surface area contributed by atoms with Crippen LogP contribution in [-0.2, 0) is 21.1 Å². The SMILES string of the molecule is Cc1cccc(C)c1B1c2ccccc2B(c2c(C)cccc2C)c2c(-c3ccccn3)[c-]c(Oc3[c-]c4c(cc3)c3ccccc3n4-c3ccccn3)cc21.[Pt+2]. The molecule has 3 aromatic heterocycles. The van der Waals surface area contributed by atoms with E-state index < -0.39 is 0 Å². The van der Waals surface area contributed by atoms with Gasteiger partial charge in [0.05, 0.1) is 0 Å². The van der Waals surface area contributed by atoms with E-state index in [9.17, 15) is 0 Å². The van der Waals surface area contributed by atoms with Gasteiger partial charge >= 0.3 is 21.1 Å². The Hall–Kier alpha value is -5.96. The van der Waals surface area contributed by atoms with Crippen molar-refractivity contribution in [1.82, 2.24) is 14.5 Å². The number of hydrogen-bond donors (Lipinski definition) is 0. The van der Waals surface area contributed by atoms with Crippen LogP contribution in [0.25, 0.3) is 38.9 Å². The first-order valence-corrected chi connectivity index (χ1v) is 19.2. The number of aryl methyl sites for hydroxylation is 4. The van der Waals surface area contributed by atoms with Crippen LogP contribution < -0.4 is 37.5 Å². The molecule has 0 radical (unpaired) electrons. The van der Waals surface area contributed by atoms with Crippen LogP contribution in [0.5, 0.6) is 11.5 Å². The first kappa shape index (κ1) is 36.7. The largest absolute Gasteiger partial charge is 2.00 e. The Morgan fingerprint density at radius 2 is 1.12 bits per heavy atom. The minimum absolute atomic E-state index is 0. The van der Waals surface area contributed by atoms with Gasteiger partial charge in [-0.15, -0.1) is 34.6 Å². The van der Waals surface area contributed by atoms with Crippen molar-refractivity contribution in [2.45, 2.75) is 27.7 Å². The van der Waals surface area contributed by atoms with E-state index in [2.05, 4.69) is 154 Å². The van der Waals surface area contributed by atoms with E-state index in [0.29, 0.717) is 11.5 Å². The van der Waals surface area contributed by atoms with E-state index in [1.807, 2.05) is 42.7 Å². The number of rotatable bonds is 6. The third-order valence-electron chi connectivity index (χ3n) is 11.6. The van der Waals surface area contributed by atoms with Gasteiger partial charge in [-0.1, -0.05) is 153 Å². The van der Waals surface area contributed by atoms with Gasteiger partial charge in [0.25, 0.3) is 0 Å². The molecule has 6 aromatic carbocycles. The minimum Gasteiger partial charge on any atom is -0.503 e. The molecule has 10 rings (SSSR count). The summed E-state index contributed by atoms with van der Waals surface area (Å²) in [5.41, 5.74) is 16.5. The smallest absolute Gasteiger partial charge is 0.503 e. The van der Waals surface area contributed by atoms with Gasteiger partial charge in [0.2, 0.25) is 6.71 Å². The molecule has 0 bridgehead atoms. The Morgan fingerprint density at radius 3 is 1.79 bits per heavy atom. The molecule has 0 saturated heterocycles. The molecule has 0 saturated carbocycles. The minimum atomic E-state index is -0.0412. The molecule has 0 unspecified atom stereocenters. The van der Waals surface area contributed by atoms with Crippen LogP contribution in [0.3, 0.4) is 0 Å². The summed E-state index contributed by atoms with van der Waals surface area (Å²) in [6.07, 6.45) is 3.70. The molecule has 0 amide bonds. The zero-order valence-electron chi connectivity index (χ0n) is 32.2. The first-order chi connectivity index (χ1) is 27.5. The molecule has 9 aromatic rings. The van der Waals surface area contributed by atoms with Crippen molar-refractivity contribution in [3.8, 4) is 28.6 Å². The van der Waals surface area contributed by atoms with Gasteiger partial charge in [0.1, 0.15) is 5.82 Å². The van der Waals surface area contributed by atoms with E-state index in [-0.39, 0.29) is 34.5 Å². The molecule has 1 aliphatic rings. The predicted molar refractivity (Wildman–Crippen MR) is 234 cm³/mol. The van der Waals surface area contributed by atoms with Gasteiger partial charge in [-0.05, 0) is 63.0 Å². The van der Waals surface area contributed by atoms with Crippen LogP contribution in [0.4, 0.5) is 0 Å². The van der Waals surface area contributed by atoms with Crippen molar-refractivity contribution in [2.75, 3.05) is 0 Å². The first-order valence-electron chi connectivity index (χ1n) is 19.2. The molecule has 1 aliphatic heterocycles. The summed E-state index contributed by atoms with van der Waals surface area (Å²) in [6, 6.07) is 56.7. The number of aromatic nitrogens is 3. The molecule has 4 heterocycles. The van der Waals surface area contributed by atoms with Gasteiger partial charge in [0, 0.05) is 29.4 Å². The van der Waals surface area contributed by atoms with Crippen molar-refractivity contribution >= 4 is 68.0 Å². The van der Waals surface area contributed by atoms with E-state index in [1.165, 1.54) is 55.0 Å². The van der Waals surface area contributed by atoms with Crippen LogP contribution >= 0.6 is 0 Å². The maximum Gasteiger partial charge on any atom is 2.00 e. The standard InChI is InChI=1S/C50H37B2N3O.Pt/c1-32-15-13-16-33(2)48(32)51-41-20-6-7-21-42(41)52(49-34(3)17-14-18-35(49)4)50-40(44-22-9-11-27-53-44)29-37(30-43(50)51)56-36-25-26-39-38-19-5-8-23-45(38)55(46(39)31-36)47-24-10-12-28-54-47;/h5-28,30H,1-4H3;/q-2;+2. The van der Waals surface area contributed by atoms with Gasteiger partial charge in [-0.3, -0.25) is 0 Å². The average molecular weight is 913 g/mol. The van der Waals surface area contributed by atoms with Crippen molar-refractivity contribution in [2.24, 2.45) is 0 Å². The van der Waals surface area contributed by atoms with Crippen molar-refractivity contribution in [1.29, 1.82) is 0 Å². The molecule has 0 aliphatic carbocycles. The molecule has 7 heteroatoms. The van der Waals surface area contributed by atoms with E-state index in [0.717, 1.165) is 38.9 Å². The molecule has 57 heavy (non-hydrogen) atoms.